The second-order valence-electron chi connectivity index (χ2n) is 7.49. The number of hydrogen-bond acceptors (Lipinski definition) is 5. The Bertz CT molecular complexity index is 749. The third-order valence-electron chi connectivity index (χ3n) is 4.25. The molecule has 0 spiro atoms. The molecule has 6 nitrogen and oxygen atoms in total. The van der Waals surface area contributed by atoms with Crippen LogP contribution in [-0.4, -0.2) is 47.9 Å². The number of halogens is 2. The number of likely N-dealkylation sites (tertiary alicyclic amines) is 1. The molecule has 1 aromatic rings. The molecule has 8 heteroatoms. The van der Waals surface area contributed by atoms with Crippen molar-refractivity contribution in [2.75, 3.05) is 20.1 Å². The fraction of sp³-hybridized carbons (Fsp3) is 0.526. The summed E-state index contributed by atoms with van der Waals surface area (Å²) in [6.07, 6.45) is 3.23. The van der Waals surface area contributed by atoms with Gasteiger partial charge < -0.3 is 15.4 Å². The van der Waals surface area contributed by atoms with Crippen LogP contribution in [0.3, 0.4) is 0 Å². The summed E-state index contributed by atoms with van der Waals surface area (Å²) in [6.45, 7) is 5.68. The van der Waals surface area contributed by atoms with Crippen molar-refractivity contribution in [3.05, 3.63) is 35.5 Å². The molecular weight excluding hydrogens is 354 g/mol. The van der Waals surface area contributed by atoms with Crippen LogP contribution in [0, 0.1) is 5.82 Å². The predicted molar refractivity (Wildman–Crippen MR) is 101 cm³/mol. The quantitative estimate of drug-likeness (QED) is 0.815. The van der Waals surface area contributed by atoms with Crippen molar-refractivity contribution >= 4 is 17.9 Å². The Labute approximate surface area is 158 Å². The van der Waals surface area contributed by atoms with Gasteiger partial charge in [-0.15, -0.1) is 0 Å². The zero-order chi connectivity index (χ0) is 20.2. The van der Waals surface area contributed by atoms with Crippen LogP contribution in [0.1, 0.15) is 44.9 Å². The molecule has 0 saturated carbocycles. The van der Waals surface area contributed by atoms with E-state index in [-0.39, 0.29) is 37.2 Å². The van der Waals surface area contributed by atoms with Gasteiger partial charge in [0.15, 0.2) is 5.67 Å². The summed E-state index contributed by atoms with van der Waals surface area (Å²) in [7, 11) is 1.54. The maximum Gasteiger partial charge on any atom is 0.410 e. The van der Waals surface area contributed by atoms with Crippen LogP contribution in [0.2, 0.25) is 0 Å². The number of amides is 1. The van der Waals surface area contributed by atoms with Crippen LogP contribution in [0.15, 0.2) is 23.5 Å². The number of allylic oxidation sites excluding steroid dienone is 1. The van der Waals surface area contributed by atoms with Gasteiger partial charge in [0.25, 0.3) is 0 Å². The Hall–Kier alpha value is -2.51. The summed E-state index contributed by atoms with van der Waals surface area (Å²) in [5.74, 6) is -0.590. The van der Waals surface area contributed by atoms with E-state index in [1.807, 2.05) is 0 Å². The summed E-state index contributed by atoms with van der Waals surface area (Å²) in [5.41, 5.74) is 3.92. The van der Waals surface area contributed by atoms with Crippen LogP contribution in [0.5, 0.6) is 0 Å². The van der Waals surface area contributed by atoms with E-state index in [1.165, 1.54) is 23.4 Å². The lowest BCUT2D eigenvalue weighted by Crippen LogP contribution is -2.45. The van der Waals surface area contributed by atoms with Gasteiger partial charge in [0.1, 0.15) is 11.4 Å². The van der Waals surface area contributed by atoms with Crippen LogP contribution in [0.4, 0.5) is 13.6 Å². The monoisotopic (exact) mass is 380 g/mol. The highest BCUT2D eigenvalue weighted by molar-refractivity contribution is 6.10. The van der Waals surface area contributed by atoms with Gasteiger partial charge in [-0.25, -0.2) is 13.6 Å². The highest BCUT2D eigenvalue weighted by Gasteiger charge is 2.41. The number of piperidine rings is 1. The molecule has 2 heterocycles. The van der Waals surface area contributed by atoms with Crippen molar-refractivity contribution in [1.82, 2.24) is 9.88 Å². The maximum absolute atomic E-state index is 15.7. The standard InChI is InChI=1S/C19H26F2N4O2/c1-18(2,3)27-17(26)25-7-5-19(21,6-8-25)16-15(9-14(20)12-24-16)13(10-22)11-23-4/h9-12H,5-8,22H2,1-4H3/b13-10+,23-11?. The van der Waals surface area contributed by atoms with Crippen LogP contribution >= 0.6 is 0 Å². The number of hydrogen-bond donors (Lipinski definition) is 1. The van der Waals surface area contributed by atoms with Crippen LogP contribution in [-0.2, 0) is 10.4 Å². The smallest absolute Gasteiger partial charge is 0.410 e. The fourth-order valence-corrected chi connectivity index (χ4v) is 2.96. The zero-order valence-corrected chi connectivity index (χ0v) is 16.1. The molecule has 2 N–H and O–H groups in total. The minimum absolute atomic E-state index is 0.0268. The average molecular weight is 380 g/mol. The van der Waals surface area contributed by atoms with Crippen molar-refractivity contribution in [3.63, 3.8) is 0 Å². The number of pyridine rings is 1. The minimum atomic E-state index is -1.81. The van der Waals surface area contributed by atoms with Gasteiger partial charge in [-0.3, -0.25) is 9.98 Å². The van der Waals surface area contributed by atoms with Gasteiger partial charge in [-0.05, 0) is 26.8 Å². The SMILES string of the molecule is CN=C/C(=C\N)c1cc(F)cnc1C1(F)CCN(C(=O)OC(C)(C)C)CC1. The maximum atomic E-state index is 15.7. The number of aliphatic imine (C=N–C) groups is 1. The van der Waals surface area contributed by atoms with Gasteiger partial charge in [0, 0.05) is 56.5 Å². The largest absolute Gasteiger partial charge is 0.444 e. The summed E-state index contributed by atoms with van der Waals surface area (Å²) >= 11 is 0. The second-order valence-corrected chi connectivity index (χ2v) is 7.49. The van der Waals surface area contributed by atoms with Gasteiger partial charge >= 0.3 is 6.09 Å². The molecule has 148 valence electrons. The number of carbonyl (C=O) groups is 1. The predicted octanol–water partition coefficient (Wildman–Crippen LogP) is 3.42. The van der Waals surface area contributed by atoms with Gasteiger partial charge in [-0.2, -0.15) is 0 Å². The van der Waals surface area contributed by atoms with Crippen molar-refractivity contribution in [3.8, 4) is 0 Å². The van der Waals surface area contributed by atoms with E-state index in [0.29, 0.717) is 5.57 Å². The van der Waals surface area contributed by atoms with Crippen molar-refractivity contribution in [2.24, 2.45) is 10.7 Å². The number of carbonyl (C=O) groups excluding carboxylic acids is 1. The minimum Gasteiger partial charge on any atom is -0.444 e. The lowest BCUT2D eigenvalue weighted by Gasteiger charge is -2.37. The van der Waals surface area contributed by atoms with Crippen molar-refractivity contribution in [2.45, 2.75) is 44.9 Å². The number of rotatable bonds is 3. The summed E-state index contributed by atoms with van der Waals surface area (Å²) in [6, 6.07) is 1.20. The topological polar surface area (TPSA) is 80.8 Å². The first-order valence-electron chi connectivity index (χ1n) is 8.77. The molecule has 1 aromatic heterocycles. The number of nitrogens with zero attached hydrogens (tertiary/aromatic N) is 3. The first kappa shape index (κ1) is 20.8. The third-order valence-corrected chi connectivity index (χ3v) is 4.25. The fourth-order valence-electron chi connectivity index (χ4n) is 2.96. The average Bonchev–Trinajstić information content (AvgIpc) is 2.58. The molecule has 1 amide bonds. The van der Waals surface area contributed by atoms with Gasteiger partial charge in [-0.1, -0.05) is 0 Å². The molecule has 0 radical (unpaired) electrons. The number of alkyl halides is 1. The van der Waals surface area contributed by atoms with E-state index in [2.05, 4.69) is 9.98 Å². The van der Waals surface area contributed by atoms with Crippen molar-refractivity contribution < 1.29 is 18.3 Å². The Morgan fingerprint density at radius 1 is 1.41 bits per heavy atom. The first-order valence-corrected chi connectivity index (χ1v) is 8.77. The molecule has 1 aliphatic heterocycles. The van der Waals surface area contributed by atoms with E-state index in [9.17, 15) is 9.18 Å². The third kappa shape index (κ3) is 5.02. The molecule has 0 unspecified atom stereocenters. The molecule has 0 atom stereocenters. The summed E-state index contributed by atoms with van der Waals surface area (Å²) in [5, 5.41) is 0. The number of ether oxygens (including phenoxy) is 1. The molecule has 0 aromatic carbocycles. The Balaban J connectivity index is 2.26. The van der Waals surface area contributed by atoms with Gasteiger partial charge in [0.2, 0.25) is 0 Å². The summed E-state index contributed by atoms with van der Waals surface area (Å²) in [4.78, 5) is 21.5. The van der Waals surface area contributed by atoms with E-state index >= 15 is 4.39 Å². The zero-order valence-electron chi connectivity index (χ0n) is 16.1. The first-order chi connectivity index (χ1) is 12.6. The number of aromatic nitrogens is 1. The highest BCUT2D eigenvalue weighted by Crippen LogP contribution is 2.39. The molecular formula is C19H26F2N4O2. The molecule has 1 aliphatic rings. The summed E-state index contributed by atoms with van der Waals surface area (Å²) < 4.78 is 34.8. The lowest BCUT2D eigenvalue weighted by molar-refractivity contribution is 0.00120. The van der Waals surface area contributed by atoms with E-state index in [0.717, 1.165) is 6.20 Å². The molecule has 1 saturated heterocycles. The molecule has 0 bridgehead atoms. The van der Waals surface area contributed by atoms with Gasteiger partial charge in [0.05, 0.1) is 11.9 Å². The second kappa shape index (κ2) is 8.02. The Morgan fingerprint density at radius 3 is 2.56 bits per heavy atom. The molecule has 1 fully saturated rings. The number of nitrogens with two attached hydrogens (primary N) is 1. The highest BCUT2D eigenvalue weighted by atomic mass is 19.1. The normalized spacial score (nSPS) is 18.0. The van der Waals surface area contributed by atoms with E-state index in [4.69, 9.17) is 10.5 Å². The van der Waals surface area contributed by atoms with Crippen LogP contribution in [0.25, 0.3) is 5.57 Å². The lowest BCUT2D eigenvalue weighted by atomic mass is 9.85. The Kier molecular flexibility index (Phi) is 6.18. The van der Waals surface area contributed by atoms with E-state index in [1.54, 1.807) is 27.8 Å². The molecule has 0 aliphatic carbocycles. The Morgan fingerprint density at radius 2 is 2.04 bits per heavy atom. The van der Waals surface area contributed by atoms with E-state index < -0.39 is 23.2 Å². The molecule has 2 rings (SSSR count). The molecule has 27 heavy (non-hydrogen) atoms. The van der Waals surface area contributed by atoms with Crippen molar-refractivity contribution in [1.29, 1.82) is 0 Å². The van der Waals surface area contributed by atoms with Crippen LogP contribution < -0.4 is 5.73 Å².